The minimum absolute atomic E-state index is 0.166. The summed E-state index contributed by atoms with van der Waals surface area (Å²) in [7, 11) is 1.74. The van der Waals surface area contributed by atoms with Crippen LogP contribution >= 0.6 is 0 Å². The number of aryl methyl sites for hydroxylation is 1. The molecular formula is C23H22F3N7O2. The van der Waals surface area contributed by atoms with Gasteiger partial charge >= 0.3 is 6.18 Å². The number of amides is 2. The van der Waals surface area contributed by atoms with Gasteiger partial charge in [-0.3, -0.25) is 24.3 Å². The average Bonchev–Trinajstić information content (AvgIpc) is 3.20. The molecule has 12 heteroatoms. The third kappa shape index (κ3) is 4.46. The van der Waals surface area contributed by atoms with Gasteiger partial charge in [-0.1, -0.05) is 0 Å². The first-order valence-electron chi connectivity index (χ1n) is 10.6. The monoisotopic (exact) mass is 485 g/mol. The van der Waals surface area contributed by atoms with Gasteiger partial charge in [-0.25, -0.2) is 9.99 Å². The van der Waals surface area contributed by atoms with Gasteiger partial charge in [0.15, 0.2) is 0 Å². The van der Waals surface area contributed by atoms with Crippen LogP contribution < -0.4 is 5.73 Å². The third-order valence-corrected chi connectivity index (χ3v) is 5.61. The number of rotatable bonds is 4. The minimum atomic E-state index is -4.53. The molecule has 3 heterocycles. The number of nitrogen functional groups attached to an aromatic ring is 1. The van der Waals surface area contributed by atoms with Crippen LogP contribution in [0, 0.1) is 0 Å². The van der Waals surface area contributed by atoms with E-state index in [4.69, 9.17) is 5.73 Å². The number of halogens is 3. The number of hydrogen-bond donors (Lipinski definition) is 1. The van der Waals surface area contributed by atoms with Crippen LogP contribution in [0.5, 0.6) is 0 Å². The van der Waals surface area contributed by atoms with Crippen LogP contribution in [0.15, 0.2) is 42.7 Å². The lowest BCUT2D eigenvalue weighted by Crippen LogP contribution is -2.48. The highest BCUT2D eigenvalue weighted by atomic mass is 19.4. The number of nitrogens with two attached hydrogens (primary N) is 1. The van der Waals surface area contributed by atoms with E-state index in [9.17, 15) is 22.8 Å². The smallest absolute Gasteiger partial charge is 0.383 e. The topological polar surface area (TPSA) is 110 Å². The van der Waals surface area contributed by atoms with Crippen molar-refractivity contribution >= 4 is 39.4 Å². The number of benzene rings is 1. The highest BCUT2D eigenvalue weighted by Crippen LogP contribution is 2.30. The van der Waals surface area contributed by atoms with Crippen molar-refractivity contribution in [3.05, 3.63) is 59.5 Å². The van der Waals surface area contributed by atoms with Gasteiger partial charge in [0.1, 0.15) is 5.82 Å². The van der Waals surface area contributed by atoms with Crippen LogP contribution in [0.4, 0.5) is 19.0 Å². The van der Waals surface area contributed by atoms with Crippen molar-refractivity contribution in [2.45, 2.75) is 26.6 Å². The maximum absolute atomic E-state index is 13.6. The number of pyridine rings is 2. The summed E-state index contributed by atoms with van der Waals surface area (Å²) in [6.07, 6.45) is -2.24. The van der Waals surface area contributed by atoms with Crippen molar-refractivity contribution in [2.75, 3.05) is 12.3 Å². The van der Waals surface area contributed by atoms with Crippen molar-refractivity contribution in [1.82, 2.24) is 29.8 Å². The molecule has 9 nitrogen and oxygen atoms in total. The van der Waals surface area contributed by atoms with Crippen LogP contribution in [0.25, 0.3) is 21.8 Å². The molecule has 3 aromatic heterocycles. The zero-order valence-corrected chi connectivity index (χ0v) is 19.2. The Morgan fingerprint density at radius 3 is 2.43 bits per heavy atom. The van der Waals surface area contributed by atoms with E-state index in [0.717, 1.165) is 6.07 Å². The average molecular weight is 485 g/mol. The Kier molecular flexibility index (Phi) is 6.05. The van der Waals surface area contributed by atoms with Gasteiger partial charge in [-0.2, -0.15) is 18.3 Å². The molecule has 0 aliphatic heterocycles. The molecule has 0 atom stereocenters. The maximum Gasteiger partial charge on any atom is 0.417 e. The fraction of sp³-hybridized carbons (Fsp3) is 0.261. The maximum atomic E-state index is 13.6. The molecule has 4 rings (SSSR count). The van der Waals surface area contributed by atoms with Gasteiger partial charge in [0.2, 0.25) is 5.91 Å². The van der Waals surface area contributed by atoms with E-state index in [1.807, 2.05) is 0 Å². The summed E-state index contributed by atoms with van der Waals surface area (Å²) in [5.41, 5.74) is 6.82. The summed E-state index contributed by atoms with van der Waals surface area (Å²) in [6.45, 7) is 2.95. The molecule has 0 fully saturated rings. The Morgan fingerprint density at radius 1 is 1.09 bits per heavy atom. The molecule has 1 aromatic carbocycles. The molecule has 0 saturated heterocycles. The normalized spacial score (nSPS) is 11.7. The molecule has 0 unspecified atom stereocenters. The second-order valence-electron chi connectivity index (χ2n) is 7.89. The molecule has 0 spiro atoms. The molecular weight excluding hydrogens is 463 g/mol. The van der Waals surface area contributed by atoms with Gasteiger partial charge in [0, 0.05) is 37.7 Å². The molecule has 0 bridgehead atoms. The van der Waals surface area contributed by atoms with Crippen LogP contribution in [-0.4, -0.2) is 48.1 Å². The molecule has 0 saturated carbocycles. The molecule has 0 aliphatic rings. The predicted molar refractivity (Wildman–Crippen MR) is 123 cm³/mol. The van der Waals surface area contributed by atoms with E-state index in [1.165, 1.54) is 23.0 Å². The van der Waals surface area contributed by atoms with Crippen LogP contribution in [0.2, 0.25) is 0 Å². The zero-order valence-electron chi connectivity index (χ0n) is 19.2. The number of hydrogen-bond acceptors (Lipinski definition) is 6. The Balaban J connectivity index is 1.76. The van der Waals surface area contributed by atoms with Crippen molar-refractivity contribution < 1.29 is 22.8 Å². The number of alkyl halides is 3. The predicted octanol–water partition coefficient (Wildman–Crippen LogP) is 3.54. The van der Waals surface area contributed by atoms with E-state index < -0.39 is 23.6 Å². The van der Waals surface area contributed by atoms with Gasteiger partial charge < -0.3 is 5.73 Å². The summed E-state index contributed by atoms with van der Waals surface area (Å²) < 4.78 is 40.4. The van der Waals surface area contributed by atoms with E-state index in [0.29, 0.717) is 33.8 Å². The summed E-state index contributed by atoms with van der Waals surface area (Å²) in [4.78, 5) is 34.1. The highest BCUT2D eigenvalue weighted by Gasteiger charge is 2.31. The number of carbonyl (C=O) groups excluding carboxylic acids is 2. The molecule has 0 radical (unpaired) electrons. The molecule has 35 heavy (non-hydrogen) atoms. The quantitative estimate of drug-likeness (QED) is 0.443. The van der Waals surface area contributed by atoms with Gasteiger partial charge in [-0.15, -0.1) is 0 Å². The van der Waals surface area contributed by atoms with Gasteiger partial charge in [-0.05, 0) is 37.3 Å². The van der Waals surface area contributed by atoms with E-state index in [1.54, 1.807) is 43.0 Å². The lowest BCUT2D eigenvalue weighted by Gasteiger charge is -2.33. The van der Waals surface area contributed by atoms with Crippen molar-refractivity contribution in [2.24, 2.45) is 7.05 Å². The SMILES string of the molecule is CCN(C(C)=O)N(Cc1ccc(C(F)(F)F)cn1)C(=O)c1ccc2nc(N)c3cnn(C)c3c2c1. The summed E-state index contributed by atoms with van der Waals surface area (Å²) in [5.74, 6) is -0.627. The third-order valence-electron chi connectivity index (χ3n) is 5.61. The molecule has 2 N–H and O–H groups in total. The second-order valence-corrected chi connectivity index (χ2v) is 7.89. The van der Waals surface area contributed by atoms with Crippen LogP contribution in [0.1, 0.15) is 35.5 Å². The zero-order chi connectivity index (χ0) is 25.5. The second kappa shape index (κ2) is 8.85. The Labute approximate surface area is 197 Å². The van der Waals surface area contributed by atoms with E-state index >= 15 is 0 Å². The number of anilines is 1. The first-order valence-corrected chi connectivity index (χ1v) is 10.6. The van der Waals surface area contributed by atoms with Crippen LogP contribution in [0.3, 0.4) is 0 Å². The standard InChI is InChI=1S/C23H22F3N7O2/c1-4-32(13(2)34)33(12-16-7-6-15(10-28-16)23(24,25)26)22(35)14-5-8-19-17(9-14)20-18(21(27)30-19)11-29-31(20)3/h5-11H,4,12H2,1-3H3,(H2,27,30). The van der Waals surface area contributed by atoms with Crippen molar-refractivity contribution in [1.29, 1.82) is 0 Å². The lowest BCUT2D eigenvalue weighted by molar-refractivity contribution is -0.142. The Bertz CT molecular complexity index is 1430. The number of aromatic nitrogens is 4. The Hall–Kier alpha value is -4.22. The number of nitrogens with zero attached hydrogens (tertiary/aromatic N) is 6. The fourth-order valence-electron chi connectivity index (χ4n) is 3.91. The molecule has 4 aromatic rings. The van der Waals surface area contributed by atoms with Crippen molar-refractivity contribution in [3.8, 4) is 0 Å². The van der Waals surface area contributed by atoms with Crippen LogP contribution in [-0.2, 0) is 24.6 Å². The highest BCUT2D eigenvalue weighted by molar-refractivity contribution is 6.10. The van der Waals surface area contributed by atoms with E-state index in [2.05, 4.69) is 15.1 Å². The fourth-order valence-corrected chi connectivity index (χ4v) is 3.91. The van der Waals surface area contributed by atoms with Gasteiger partial charge in [0.05, 0.1) is 40.4 Å². The largest absolute Gasteiger partial charge is 0.417 e. The molecule has 2 amide bonds. The first kappa shape index (κ1) is 23.9. The minimum Gasteiger partial charge on any atom is -0.383 e. The lowest BCUT2D eigenvalue weighted by atomic mass is 10.1. The first-order chi connectivity index (χ1) is 16.5. The van der Waals surface area contributed by atoms with E-state index in [-0.39, 0.29) is 24.3 Å². The summed E-state index contributed by atoms with van der Waals surface area (Å²) in [6, 6.07) is 6.91. The molecule has 0 aliphatic carbocycles. The summed E-state index contributed by atoms with van der Waals surface area (Å²) >= 11 is 0. The molecule has 182 valence electrons. The number of fused-ring (bicyclic) bond motifs is 3. The van der Waals surface area contributed by atoms with Gasteiger partial charge in [0.25, 0.3) is 5.91 Å². The Morgan fingerprint density at radius 2 is 1.83 bits per heavy atom. The number of carbonyl (C=O) groups is 2. The van der Waals surface area contributed by atoms with Crippen molar-refractivity contribution in [3.63, 3.8) is 0 Å². The summed E-state index contributed by atoms with van der Waals surface area (Å²) in [5, 5.41) is 7.88. The number of hydrazine groups is 1.